The summed E-state index contributed by atoms with van der Waals surface area (Å²) in [5.74, 6) is 1.51. The second-order valence-corrected chi connectivity index (χ2v) is 5.99. The third-order valence-electron chi connectivity index (χ3n) is 4.26. The highest BCUT2D eigenvalue weighted by atomic mass is 16.5. The van der Waals surface area contributed by atoms with E-state index in [9.17, 15) is 5.11 Å². The van der Waals surface area contributed by atoms with Gasteiger partial charge in [0.25, 0.3) is 0 Å². The molecule has 7 nitrogen and oxygen atoms in total. The van der Waals surface area contributed by atoms with Gasteiger partial charge >= 0.3 is 0 Å². The van der Waals surface area contributed by atoms with E-state index < -0.39 is 5.60 Å². The zero-order chi connectivity index (χ0) is 16.8. The van der Waals surface area contributed by atoms with Gasteiger partial charge in [-0.25, -0.2) is 0 Å². The van der Waals surface area contributed by atoms with Crippen LogP contribution in [0.4, 0.5) is 0 Å². The summed E-state index contributed by atoms with van der Waals surface area (Å²) < 4.78 is 11.4. The van der Waals surface area contributed by atoms with Crippen molar-refractivity contribution in [2.75, 3.05) is 32.8 Å². The van der Waals surface area contributed by atoms with Crippen molar-refractivity contribution < 1.29 is 14.6 Å². The number of hydrogen-bond donors (Lipinski definition) is 2. The Morgan fingerprint density at radius 3 is 2.79 bits per heavy atom. The summed E-state index contributed by atoms with van der Waals surface area (Å²) in [6.45, 7) is 5.32. The number of aliphatic hydroxyl groups is 1. The molecule has 1 aliphatic heterocycles. The average molecular weight is 332 g/mol. The Bertz CT molecular complexity index is 635. The molecule has 2 heterocycles. The van der Waals surface area contributed by atoms with Crippen LogP contribution in [-0.4, -0.2) is 58.3 Å². The molecule has 1 atom stereocenters. The third kappa shape index (κ3) is 3.85. The number of para-hydroxylation sites is 2. The van der Waals surface area contributed by atoms with E-state index in [-0.39, 0.29) is 0 Å². The van der Waals surface area contributed by atoms with Gasteiger partial charge in [0.05, 0.1) is 12.8 Å². The van der Waals surface area contributed by atoms with E-state index >= 15 is 0 Å². The Labute approximate surface area is 141 Å². The van der Waals surface area contributed by atoms with E-state index in [0.29, 0.717) is 31.9 Å². The van der Waals surface area contributed by atoms with Gasteiger partial charge in [0, 0.05) is 13.1 Å². The van der Waals surface area contributed by atoms with Gasteiger partial charge in [-0.05, 0) is 38.4 Å². The first-order valence-electron chi connectivity index (χ1n) is 8.37. The van der Waals surface area contributed by atoms with Gasteiger partial charge in [-0.15, -0.1) is 0 Å². The molecule has 1 aromatic heterocycles. The van der Waals surface area contributed by atoms with Crippen LogP contribution in [0.5, 0.6) is 11.5 Å². The first kappa shape index (κ1) is 16.7. The number of likely N-dealkylation sites (tertiary alicyclic amines) is 1. The lowest BCUT2D eigenvalue weighted by Crippen LogP contribution is -2.47. The summed E-state index contributed by atoms with van der Waals surface area (Å²) in [7, 11) is 0. The van der Waals surface area contributed by atoms with Crippen molar-refractivity contribution in [2.45, 2.75) is 25.4 Å². The monoisotopic (exact) mass is 332 g/mol. The number of hydrogen-bond acceptors (Lipinski definition) is 6. The molecule has 2 aromatic rings. The number of aromatic amines is 1. The molecule has 24 heavy (non-hydrogen) atoms. The molecule has 2 N–H and O–H groups in total. The lowest BCUT2D eigenvalue weighted by atomic mass is 9.90. The van der Waals surface area contributed by atoms with Crippen molar-refractivity contribution in [2.24, 2.45) is 0 Å². The van der Waals surface area contributed by atoms with E-state index in [1.54, 1.807) is 6.20 Å². The van der Waals surface area contributed by atoms with Gasteiger partial charge in [0.2, 0.25) is 0 Å². The van der Waals surface area contributed by atoms with Crippen molar-refractivity contribution in [1.82, 2.24) is 20.3 Å². The number of H-pyrrole nitrogens is 1. The quantitative estimate of drug-likeness (QED) is 0.801. The van der Waals surface area contributed by atoms with Gasteiger partial charge < -0.3 is 14.6 Å². The van der Waals surface area contributed by atoms with Gasteiger partial charge in [-0.1, -0.05) is 12.1 Å². The largest absolute Gasteiger partial charge is 0.490 e. The number of ether oxygens (including phenoxy) is 2. The molecule has 0 radical (unpaired) electrons. The normalized spacial score (nSPS) is 21.6. The average Bonchev–Trinajstić information content (AvgIpc) is 3.12. The van der Waals surface area contributed by atoms with Crippen LogP contribution in [0.1, 0.15) is 25.5 Å². The molecular weight excluding hydrogens is 308 g/mol. The molecule has 1 aliphatic rings. The van der Waals surface area contributed by atoms with Crippen LogP contribution < -0.4 is 9.47 Å². The lowest BCUT2D eigenvalue weighted by Gasteiger charge is -2.37. The van der Waals surface area contributed by atoms with Gasteiger partial charge in [-0.3, -0.25) is 4.90 Å². The predicted octanol–water partition coefficient (Wildman–Crippen LogP) is 1.57. The third-order valence-corrected chi connectivity index (χ3v) is 4.26. The highest BCUT2D eigenvalue weighted by molar-refractivity contribution is 5.39. The van der Waals surface area contributed by atoms with E-state index in [4.69, 9.17) is 9.47 Å². The minimum absolute atomic E-state index is 0.538. The van der Waals surface area contributed by atoms with Crippen LogP contribution >= 0.6 is 0 Å². The summed E-state index contributed by atoms with van der Waals surface area (Å²) in [6.07, 6.45) is 3.21. The Hall–Kier alpha value is -2.12. The van der Waals surface area contributed by atoms with Crippen molar-refractivity contribution in [3.8, 4) is 11.5 Å². The fourth-order valence-corrected chi connectivity index (χ4v) is 3.08. The fourth-order valence-electron chi connectivity index (χ4n) is 3.08. The molecule has 1 saturated heterocycles. The van der Waals surface area contributed by atoms with Gasteiger partial charge in [-0.2, -0.15) is 15.4 Å². The van der Waals surface area contributed by atoms with E-state index in [2.05, 4.69) is 20.3 Å². The summed E-state index contributed by atoms with van der Waals surface area (Å²) in [4.78, 5) is 2.20. The Kier molecular flexibility index (Phi) is 5.32. The molecule has 1 aromatic carbocycles. The van der Waals surface area contributed by atoms with Crippen LogP contribution in [0.2, 0.25) is 0 Å². The van der Waals surface area contributed by atoms with Crippen molar-refractivity contribution >= 4 is 0 Å². The van der Waals surface area contributed by atoms with Crippen LogP contribution in [0.25, 0.3) is 0 Å². The summed E-state index contributed by atoms with van der Waals surface area (Å²) in [6, 6.07) is 7.68. The van der Waals surface area contributed by atoms with Crippen molar-refractivity contribution in [3.05, 3.63) is 36.2 Å². The van der Waals surface area contributed by atoms with Crippen molar-refractivity contribution in [1.29, 1.82) is 0 Å². The number of aromatic nitrogens is 3. The second kappa shape index (κ2) is 7.63. The highest BCUT2D eigenvalue weighted by Crippen LogP contribution is 2.30. The molecule has 0 bridgehead atoms. The summed E-state index contributed by atoms with van der Waals surface area (Å²) >= 11 is 0. The predicted molar refractivity (Wildman–Crippen MR) is 89.1 cm³/mol. The molecule has 130 valence electrons. The first-order valence-corrected chi connectivity index (χ1v) is 8.37. The first-order chi connectivity index (χ1) is 11.7. The standard InChI is InChI=1S/C17H24N4O3/c1-2-23-14-6-3-4-7-15(14)24-11-10-21-9-5-8-17(22,13-21)16-12-18-20-19-16/h3-4,6-7,12,22H,2,5,8-11,13H2,1H3,(H,18,19,20)/t17-/m0/s1. The van der Waals surface area contributed by atoms with Gasteiger partial charge in [0.1, 0.15) is 17.9 Å². The second-order valence-electron chi connectivity index (χ2n) is 5.99. The topological polar surface area (TPSA) is 83.5 Å². The Balaban J connectivity index is 1.54. The summed E-state index contributed by atoms with van der Waals surface area (Å²) in [5, 5.41) is 21.2. The summed E-state index contributed by atoms with van der Waals surface area (Å²) in [5.41, 5.74) is -0.330. The highest BCUT2D eigenvalue weighted by Gasteiger charge is 2.36. The van der Waals surface area contributed by atoms with E-state index in [1.165, 1.54) is 0 Å². The minimum Gasteiger partial charge on any atom is -0.490 e. The lowest BCUT2D eigenvalue weighted by molar-refractivity contribution is -0.0413. The molecular formula is C17H24N4O3. The van der Waals surface area contributed by atoms with Crippen LogP contribution in [0.3, 0.4) is 0 Å². The number of β-amino-alcohol motifs (C(OH)–C–C–N with tert-alkyl or cyclic N) is 1. The zero-order valence-electron chi connectivity index (χ0n) is 13.9. The Morgan fingerprint density at radius 2 is 2.08 bits per heavy atom. The smallest absolute Gasteiger partial charge is 0.161 e. The Morgan fingerprint density at radius 1 is 1.29 bits per heavy atom. The molecule has 0 amide bonds. The number of nitrogens with zero attached hydrogens (tertiary/aromatic N) is 3. The maximum Gasteiger partial charge on any atom is 0.161 e. The number of benzene rings is 1. The molecule has 0 unspecified atom stereocenters. The maximum atomic E-state index is 10.8. The fraction of sp³-hybridized carbons (Fsp3) is 0.529. The number of nitrogens with one attached hydrogen (secondary N) is 1. The molecule has 1 fully saturated rings. The van der Waals surface area contributed by atoms with Gasteiger partial charge in [0.15, 0.2) is 11.5 Å². The van der Waals surface area contributed by atoms with E-state index in [0.717, 1.165) is 31.0 Å². The number of rotatable bonds is 7. The zero-order valence-corrected chi connectivity index (χ0v) is 13.9. The van der Waals surface area contributed by atoms with Crippen LogP contribution in [-0.2, 0) is 5.60 Å². The van der Waals surface area contributed by atoms with Crippen LogP contribution in [0.15, 0.2) is 30.5 Å². The molecule has 0 spiro atoms. The molecule has 0 aliphatic carbocycles. The van der Waals surface area contributed by atoms with Crippen molar-refractivity contribution in [3.63, 3.8) is 0 Å². The van der Waals surface area contributed by atoms with Crippen LogP contribution in [0, 0.1) is 0 Å². The van der Waals surface area contributed by atoms with E-state index in [1.807, 2.05) is 31.2 Å². The molecule has 3 rings (SSSR count). The molecule has 0 saturated carbocycles. The molecule has 7 heteroatoms. The maximum absolute atomic E-state index is 10.8. The minimum atomic E-state index is -0.936. The SMILES string of the molecule is CCOc1ccccc1OCCN1CCC[C@@](O)(c2cn[nH]n2)C1. The number of piperidine rings is 1.